The lowest BCUT2D eigenvalue weighted by atomic mass is 9.90. The lowest BCUT2D eigenvalue weighted by Crippen LogP contribution is -2.50. The van der Waals surface area contributed by atoms with Crippen molar-refractivity contribution in [3.05, 3.63) is 17.1 Å². The molecule has 2 atom stereocenters. The van der Waals surface area contributed by atoms with Gasteiger partial charge >= 0.3 is 0 Å². The minimum Gasteiger partial charge on any atom is -0.381 e. The molecular formula is C22H33N5O2S. The average molecular weight is 432 g/mol. The van der Waals surface area contributed by atoms with Crippen LogP contribution in [0.3, 0.4) is 0 Å². The molecule has 1 amide bonds. The highest BCUT2D eigenvalue weighted by Gasteiger charge is 2.29. The van der Waals surface area contributed by atoms with Gasteiger partial charge in [0.1, 0.15) is 4.83 Å². The number of fused-ring (bicyclic) bond motifs is 1. The third kappa shape index (κ3) is 4.15. The summed E-state index contributed by atoms with van der Waals surface area (Å²) in [7, 11) is 0. The van der Waals surface area contributed by atoms with Crippen LogP contribution in [0, 0.1) is 5.92 Å². The zero-order chi connectivity index (χ0) is 20.5. The molecule has 3 aliphatic rings. The number of rotatable bonds is 4. The van der Waals surface area contributed by atoms with Crippen molar-refractivity contribution in [1.82, 2.24) is 25.3 Å². The van der Waals surface area contributed by atoms with E-state index in [1.54, 1.807) is 11.3 Å². The SMILES string of the molecule is CC1COCCC1n1ncc2cc(C(=O)NC3CCC(N4CCNCC4)CC3)sc21. The Morgan fingerprint density at radius 2 is 2.03 bits per heavy atom. The van der Waals surface area contributed by atoms with E-state index in [0.29, 0.717) is 24.0 Å². The molecule has 2 aliphatic heterocycles. The maximum absolute atomic E-state index is 12.9. The minimum absolute atomic E-state index is 0.0772. The first kappa shape index (κ1) is 20.4. The molecule has 5 rings (SSSR count). The van der Waals surface area contributed by atoms with Crippen molar-refractivity contribution in [1.29, 1.82) is 0 Å². The molecule has 2 aromatic rings. The Hall–Kier alpha value is -1.48. The van der Waals surface area contributed by atoms with Gasteiger partial charge in [-0.15, -0.1) is 11.3 Å². The number of amides is 1. The van der Waals surface area contributed by atoms with E-state index < -0.39 is 0 Å². The average Bonchev–Trinajstić information content (AvgIpc) is 3.37. The first-order chi connectivity index (χ1) is 14.7. The van der Waals surface area contributed by atoms with Crippen LogP contribution in [0.4, 0.5) is 0 Å². The number of piperazine rings is 1. The normalized spacial score (nSPS) is 31.1. The fraction of sp³-hybridized carbons (Fsp3) is 0.727. The molecule has 164 valence electrons. The van der Waals surface area contributed by atoms with Gasteiger partial charge in [0.05, 0.1) is 23.7 Å². The Bertz CT molecular complexity index is 866. The Kier molecular flexibility index (Phi) is 6.09. The second-order valence-electron chi connectivity index (χ2n) is 9.13. The number of thiophene rings is 1. The summed E-state index contributed by atoms with van der Waals surface area (Å²) in [6, 6.07) is 3.35. The summed E-state index contributed by atoms with van der Waals surface area (Å²) < 4.78 is 7.72. The Morgan fingerprint density at radius 3 is 2.80 bits per heavy atom. The fourth-order valence-electron chi connectivity index (χ4n) is 5.31. The molecule has 0 aromatic carbocycles. The van der Waals surface area contributed by atoms with Crippen molar-refractivity contribution in [3.63, 3.8) is 0 Å². The summed E-state index contributed by atoms with van der Waals surface area (Å²) >= 11 is 1.58. The van der Waals surface area contributed by atoms with Crippen molar-refractivity contribution >= 4 is 27.5 Å². The second-order valence-corrected chi connectivity index (χ2v) is 10.2. The van der Waals surface area contributed by atoms with Crippen molar-refractivity contribution in [2.75, 3.05) is 39.4 Å². The molecule has 4 heterocycles. The Morgan fingerprint density at radius 1 is 1.23 bits per heavy atom. The maximum Gasteiger partial charge on any atom is 0.261 e. The van der Waals surface area contributed by atoms with Gasteiger partial charge in [-0.05, 0) is 38.2 Å². The predicted octanol–water partition coefficient (Wildman–Crippen LogP) is 2.64. The van der Waals surface area contributed by atoms with E-state index in [1.807, 2.05) is 12.3 Å². The molecule has 1 saturated carbocycles. The van der Waals surface area contributed by atoms with E-state index in [0.717, 1.165) is 73.7 Å². The quantitative estimate of drug-likeness (QED) is 0.779. The molecule has 2 saturated heterocycles. The van der Waals surface area contributed by atoms with Crippen LogP contribution in [-0.4, -0.2) is 72.1 Å². The van der Waals surface area contributed by atoms with Crippen LogP contribution in [0.15, 0.2) is 12.3 Å². The third-order valence-electron chi connectivity index (χ3n) is 7.10. The van der Waals surface area contributed by atoms with Crippen LogP contribution in [0.2, 0.25) is 0 Å². The van der Waals surface area contributed by atoms with Crippen molar-refractivity contribution in [2.24, 2.45) is 5.92 Å². The molecule has 2 N–H and O–H groups in total. The van der Waals surface area contributed by atoms with E-state index in [-0.39, 0.29) is 5.91 Å². The van der Waals surface area contributed by atoms with E-state index in [2.05, 4.69) is 32.2 Å². The minimum atomic E-state index is 0.0772. The molecule has 7 nitrogen and oxygen atoms in total. The van der Waals surface area contributed by atoms with Gasteiger partial charge in [0.25, 0.3) is 5.91 Å². The van der Waals surface area contributed by atoms with E-state index in [1.165, 1.54) is 12.8 Å². The van der Waals surface area contributed by atoms with Crippen molar-refractivity contribution in [2.45, 2.75) is 57.2 Å². The summed E-state index contributed by atoms with van der Waals surface area (Å²) in [5.74, 6) is 0.514. The van der Waals surface area contributed by atoms with Crippen LogP contribution in [0.25, 0.3) is 10.2 Å². The smallest absolute Gasteiger partial charge is 0.261 e. The Labute approximate surface area is 182 Å². The molecular weight excluding hydrogens is 398 g/mol. The molecule has 8 heteroatoms. The van der Waals surface area contributed by atoms with Crippen LogP contribution < -0.4 is 10.6 Å². The van der Waals surface area contributed by atoms with Gasteiger partial charge in [0.2, 0.25) is 0 Å². The molecule has 0 bridgehead atoms. The highest BCUT2D eigenvalue weighted by Crippen LogP contribution is 2.33. The number of carbonyl (C=O) groups excluding carboxylic acids is 1. The van der Waals surface area contributed by atoms with E-state index in [9.17, 15) is 4.79 Å². The first-order valence-corrected chi connectivity index (χ1v) is 12.3. The molecule has 0 radical (unpaired) electrons. The molecule has 0 spiro atoms. The largest absolute Gasteiger partial charge is 0.381 e. The van der Waals surface area contributed by atoms with E-state index >= 15 is 0 Å². The zero-order valence-corrected chi connectivity index (χ0v) is 18.6. The maximum atomic E-state index is 12.9. The molecule has 3 fully saturated rings. The number of hydrogen-bond acceptors (Lipinski definition) is 6. The fourth-order valence-corrected chi connectivity index (χ4v) is 6.36. The lowest BCUT2D eigenvalue weighted by molar-refractivity contribution is 0.0265. The predicted molar refractivity (Wildman–Crippen MR) is 119 cm³/mol. The van der Waals surface area contributed by atoms with Crippen LogP contribution >= 0.6 is 11.3 Å². The molecule has 2 unspecified atom stereocenters. The molecule has 30 heavy (non-hydrogen) atoms. The highest BCUT2D eigenvalue weighted by atomic mass is 32.1. The molecule has 2 aromatic heterocycles. The lowest BCUT2D eigenvalue weighted by Gasteiger charge is -2.39. The molecule has 1 aliphatic carbocycles. The van der Waals surface area contributed by atoms with Gasteiger partial charge in [-0.1, -0.05) is 6.92 Å². The summed E-state index contributed by atoms with van der Waals surface area (Å²) in [5, 5.41) is 12.4. The third-order valence-corrected chi connectivity index (χ3v) is 8.24. The monoisotopic (exact) mass is 431 g/mol. The number of nitrogens with one attached hydrogen (secondary N) is 2. The topological polar surface area (TPSA) is 71.4 Å². The van der Waals surface area contributed by atoms with Gasteiger partial charge in [-0.2, -0.15) is 5.10 Å². The van der Waals surface area contributed by atoms with Gasteiger partial charge in [-0.25, -0.2) is 0 Å². The second kappa shape index (κ2) is 8.94. The summed E-state index contributed by atoms with van der Waals surface area (Å²) in [6.07, 6.45) is 7.43. The van der Waals surface area contributed by atoms with Gasteiger partial charge < -0.3 is 15.4 Å². The van der Waals surface area contributed by atoms with Gasteiger partial charge in [-0.3, -0.25) is 14.4 Å². The zero-order valence-electron chi connectivity index (χ0n) is 17.8. The van der Waals surface area contributed by atoms with Crippen LogP contribution in [0.5, 0.6) is 0 Å². The number of aromatic nitrogens is 2. The van der Waals surface area contributed by atoms with Crippen molar-refractivity contribution < 1.29 is 9.53 Å². The van der Waals surface area contributed by atoms with Gasteiger partial charge in [0.15, 0.2) is 0 Å². The number of ether oxygens (including phenoxy) is 1. The van der Waals surface area contributed by atoms with E-state index in [4.69, 9.17) is 4.74 Å². The standard InChI is InChI=1S/C22H33N5O2S/c1-15-14-29-11-6-19(15)27-22-16(13-24-27)12-20(30-22)21(28)25-17-2-4-18(5-3-17)26-9-7-23-8-10-26/h12-13,15,17-19,23H,2-11,14H2,1H3,(H,25,28). The van der Waals surface area contributed by atoms with Gasteiger partial charge in [0, 0.05) is 56.2 Å². The number of hydrogen-bond donors (Lipinski definition) is 2. The van der Waals surface area contributed by atoms with Crippen LogP contribution in [-0.2, 0) is 4.74 Å². The van der Waals surface area contributed by atoms with Crippen molar-refractivity contribution in [3.8, 4) is 0 Å². The summed E-state index contributed by atoms with van der Waals surface area (Å²) in [4.78, 5) is 17.5. The highest BCUT2D eigenvalue weighted by molar-refractivity contribution is 7.20. The number of nitrogens with zero attached hydrogens (tertiary/aromatic N) is 3. The van der Waals surface area contributed by atoms with Crippen LogP contribution in [0.1, 0.15) is 54.7 Å². The Balaban J connectivity index is 1.20. The number of carbonyl (C=O) groups is 1. The summed E-state index contributed by atoms with van der Waals surface area (Å²) in [6.45, 7) is 8.31. The first-order valence-electron chi connectivity index (χ1n) is 11.5. The summed E-state index contributed by atoms with van der Waals surface area (Å²) in [5.41, 5.74) is 0.